The molecule has 0 saturated heterocycles. The van der Waals surface area contributed by atoms with Crippen LogP contribution in [0.1, 0.15) is 112 Å². The fraction of sp³-hybridized carbons (Fsp3) is 0.278. The molecule has 0 amide bonds. The lowest BCUT2D eigenvalue weighted by Gasteiger charge is -2.21. The van der Waals surface area contributed by atoms with Gasteiger partial charge >= 0.3 is 17.9 Å². The van der Waals surface area contributed by atoms with E-state index in [1.807, 2.05) is 146 Å². The Morgan fingerprint density at radius 2 is 0.968 bits per heavy atom. The predicted octanol–water partition coefficient (Wildman–Crippen LogP) is 22.9. The van der Waals surface area contributed by atoms with Crippen molar-refractivity contribution in [2.45, 2.75) is 112 Å². The molecule has 0 aliphatic carbocycles. The number of pyridine rings is 1. The molecule has 12 nitrogen and oxygen atoms in total. The first-order valence-electron chi connectivity index (χ1n) is 29.1. The molecule has 0 aliphatic heterocycles. The third-order valence-corrected chi connectivity index (χ3v) is 21.1. The van der Waals surface area contributed by atoms with Crippen molar-refractivity contribution in [2.24, 2.45) is 0 Å². The molecule has 10 N–H and O–H groups in total. The minimum atomic E-state index is -0.983. The van der Waals surface area contributed by atoms with Gasteiger partial charge in [0.1, 0.15) is 0 Å². The van der Waals surface area contributed by atoms with Gasteiger partial charge < -0.3 is 42.5 Å². The van der Waals surface area contributed by atoms with E-state index in [0.717, 1.165) is 79.9 Å². The summed E-state index contributed by atoms with van der Waals surface area (Å²) in [5.74, 6) is -2.08. The Morgan fingerprint density at radius 3 is 1.40 bits per heavy atom. The number of fused-ring (bicyclic) bond motifs is 2. The number of carboxylic acid groups (broad SMARTS) is 2. The number of aromatic amines is 1. The van der Waals surface area contributed by atoms with Crippen LogP contribution in [0.3, 0.4) is 0 Å². The number of aromatic nitrogens is 1. The molecule has 0 saturated carbocycles. The van der Waals surface area contributed by atoms with Crippen LogP contribution in [-0.4, -0.2) is 69.2 Å². The average Bonchev–Trinajstić information content (AvgIpc) is 0.762. The van der Waals surface area contributed by atoms with Gasteiger partial charge in [-0.2, -0.15) is 0 Å². The van der Waals surface area contributed by atoms with E-state index in [2.05, 4.69) is 112 Å². The molecular weight excluding hydrogens is 1610 g/mol. The summed E-state index contributed by atoms with van der Waals surface area (Å²) in [5.41, 5.74) is 26.4. The summed E-state index contributed by atoms with van der Waals surface area (Å²) in [5, 5.41) is 26.5. The molecule has 23 heteroatoms. The molecule has 510 valence electrons. The van der Waals surface area contributed by atoms with Gasteiger partial charge in [-0.05, 0) is 197 Å². The maximum Gasteiger partial charge on any atom is 0.337 e. The number of nitrogen functional groups attached to an aromatic ring is 3. The number of carbonyl (C=O) groups is 3. The van der Waals surface area contributed by atoms with Crippen molar-refractivity contribution in [3.63, 3.8) is 0 Å². The molecule has 0 spiro atoms. The highest BCUT2D eigenvalue weighted by Gasteiger charge is 2.21. The second-order valence-corrected chi connectivity index (χ2v) is 30.8. The van der Waals surface area contributed by atoms with Crippen LogP contribution in [0.5, 0.6) is 0 Å². The van der Waals surface area contributed by atoms with Crippen molar-refractivity contribution in [3.05, 3.63) is 212 Å². The molecule has 0 unspecified atom stereocenters. The zero-order chi connectivity index (χ0) is 71.9. The van der Waals surface area contributed by atoms with Crippen molar-refractivity contribution in [2.75, 3.05) is 58.6 Å². The number of hydrogen-bond donors (Lipinski definition) is 7. The molecule has 0 bridgehead atoms. The molecule has 0 radical (unpaired) electrons. The molecule has 1 aromatic heterocycles. The molecule has 8 aromatic carbocycles. The molecular formula is C72H82Cl5I2N5O7S4. The quantitative estimate of drug-likeness (QED) is 0.0169. The Labute approximate surface area is 628 Å². The van der Waals surface area contributed by atoms with Gasteiger partial charge in [-0.1, -0.05) is 185 Å². The number of anilines is 5. The fourth-order valence-electron chi connectivity index (χ4n) is 8.39. The molecule has 0 atom stereocenters. The largest absolute Gasteiger partial charge is 0.478 e. The lowest BCUT2D eigenvalue weighted by atomic mass is 9.86. The number of benzene rings is 8. The van der Waals surface area contributed by atoms with Gasteiger partial charge in [-0.25, -0.2) is 9.59 Å². The second kappa shape index (κ2) is 39.7. The van der Waals surface area contributed by atoms with E-state index >= 15 is 0 Å². The number of halogens is 7. The summed E-state index contributed by atoms with van der Waals surface area (Å²) in [7, 11) is 0. The topological polar surface area (TPSA) is 224 Å². The Morgan fingerprint density at radius 1 is 0.526 bits per heavy atom. The number of alkyl halides is 1. The van der Waals surface area contributed by atoms with Crippen LogP contribution in [-0.2, 0) is 25.8 Å². The zero-order valence-corrected chi connectivity index (χ0v) is 67.0. The standard InChI is InChI=1S/C18H20ClNO2S.C18H18ClNOS.C11H15NO2.C7H6ClIS.C7H8ClNS.C7H8ClN.C4H7IO2/c1-18(2,3)11-8-9-12(17(21)22)15(10-11)20-14-7-5-6-13(19)16(14)23-4;1-18(2,3)10-5-6-11-14(9-10)20-15-12(16(11)21)7-8-13(19)17(15)22-4;1-11(2,3)7-4-5-8(10(13)14)9(12)6-7;2*1-10-7-5(8)3-2-4-6(7)9;1-5-6(8)3-2-4-7(5)9;1-2-7-4(6)3-5/h5-10,20H,1-4H3,(H,21,22);5-9H,1-4H3,(H,20,21);4-6H,12H2,1-3H3,(H,13,14);2-4H,1H3;2-4H,9H2,1H3;2-4H,9H2,1H3;2-3H2,1H3. The highest BCUT2D eigenvalue weighted by molar-refractivity contribution is 14.1. The lowest BCUT2D eigenvalue weighted by Crippen LogP contribution is -2.13. The smallest absolute Gasteiger partial charge is 0.337 e. The van der Waals surface area contributed by atoms with Gasteiger partial charge in [0.25, 0.3) is 0 Å². The van der Waals surface area contributed by atoms with E-state index < -0.39 is 11.9 Å². The number of nitrogens with one attached hydrogen (secondary N) is 2. The summed E-state index contributed by atoms with van der Waals surface area (Å²) in [4.78, 5) is 52.5. The molecule has 95 heavy (non-hydrogen) atoms. The number of thioether (sulfide) groups is 4. The number of carbonyl (C=O) groups excluding carboxylic acids is 1. The Balaban J connectivity index is 0.000000301. The Hall–Kier alpha value is -4.85. The zero-order valence-electron chi connectivity index (χ0n) is 55.6. The van der Waals surface area contributed by atoms with Gasteiger partial charge in [0.15, 0.2) is 5.43 Å². The number of hydrogen-bond acceptors (Lipinski definition) is 13. The van der Waals surface area contributed by atoms with Crippen molar-refractivity contribution in [1.29, 1.82) is 0 Å². The number of nitrogens with two attached hydrogens (primary N) is 3. The number of carboxylic acids is 2. The fourth-order valence-corrected chi connectivity index (χ4v) is 14.0. The Kier molecular flexibility index (Phi) is 35.2. The number of aromatic carboxylic acids is 2. The van der Waals surface area contributed by atoms with Gasteiger partial charge in [-0.3, -0.25) is 9.59 Å². The highest BCUT2D eigenvalue weighted by Crippen LogP contribution is 2.38. The second-order valence-electron chi connectivity index (χ2n) is 23.6. The van der Waals surface area contributed by atoms with E-state index in [1.165, 1.54) is 25.8 Å². The highest BCUT2D eigenvalue weighted by atomic mass is 127. The van der Waals surface area contributed by atoms with Crippen LogP contribution in [0, 0.1) is 10.5 Å². The first-order chi connectivity index (χ1) is 44.4. The number of rotatable bonds is 10. The molecule has 0 aliphatic rings. The maximum absolute atomic E-state index is 12.8. The average molecular weight is 1690 g/mol. The molecule has 9 aromatic rings. The molecule has 1 heterocycles. The van der Waals surface area contributed by atoms with Crippen molar-refractivity contribution < 1.29 is 29.3 Å². The monoisotopic (exact) mass is 1690 g/mol. The van der Waals surface area contributed by atoms with Gasteiger partial charge in [0.05, 0.1) is 64.7 Å². The van der Waals surface area contributed by atoms with Gasteiger partial charge in [0.2, 0.25) is 0 Å². The number of ether oxygens (including phenoxy) is 1. The first kappa shape index (κ1) is 84.4. The van der Waals surface area contributed by atoms with Crippen molar-refractivity contribution in [1.82, 2.24) is 4.98 Å². The summed E-state index contributed by atoms with van der Waals surface area (Å²) < 4.78 is 6.21. The number of H-pyrrole nitrogens is 1. The third-order valence-electron chi connectivity index (χ3n) is 13.7. The third kappa shape index (κ3) is 25.8. The van der Waals surface area contributed by atoms with E-state index in [4.69, 9.17) is 80.3 Å². The van der Waals surface area contributed by atoms with Gasteiger partial charge in [0, 0.05) is 56.0 Å². The lowest BCUT2D eigenvalue weighted by molar-refractivity contribution is -0.139. The summed E-state index contributed by atoms with van der Waals surface area (Å²) >= 11 is 40.5. The normalized spacial score (nSPS) is 10.8. The summed E-state index contributed by atoms with van der Waals surface area (Å²) in [6.07, 6.45) is 7.89. The Bertz CT molecular complexity index is 4050. The van der Waals surface area contributed by atoms with Crippen LogP contribution < -0.4 is 27.9 Å². The van der Waals surface area contributed by atoms with Gasteiger partial charge in [-0.15, -0.1) is 47.0 Å². The van der Waals surface area contributed by atoms with E-state index in [9.17, 15) is 24.3 Å². The van der Waals surface area contributed by atoms with Crippen LogP contribution in [0.25, 0.3) is 21.8 Å². The minimum Gasteiger partial charge on any atom is -0.478 e. The molecule has 0 fully saturated rings. The van der Waals surface area contributed by atoms with E-state index in [1.54, 1.807) is 78.6 Å². The van der Waals surface area contributed by atoms with Crippen LogP contribution >= 0.6 is 150 Å². The predicted molar refractivity (Wildman–Crippen MR) is 432 cm³/mol. The molecule has 9 rings (SSSR count). The van der Waals surface area contributed by atoms with Crippen LogP contribution in [0.4, 0.5) is 28.4 Å². The van der Waals surface area contributed by atoms with Crippen molar-refractivity contribution >= 4 is 218 Å². The summed E-state index contributed by atoms with van der Waals surface area (Å²) in [6, 6.07) is 42.6. The van der Waals surface area contributed by atoms with Crippen molar-refractivity contribution in [3.8, 4) is 0 Å². The van der Waals surface area contributed by atoms with E-state index in [0.29, 0.717) is 37.8 Å². The first-order valence-corrected chi connectivity index (χ1v) is 38.5. The summed E-state index contributed by atoms with van der Waals surface area (Å²) in [6.45, 7) is 23.1. The van der Waals surface area contributed by atoms with Crippen LogP contribution in [0.15, 0.2) is 164 Å². The van der Waals surface area contributed by atoms with E-state index in [-0.39, 0.29) is 38.8 Å². The maximum atomic E-state index is 12.8. The van der Waals surface area contributed by atoms with Crippen LogP contribution in [0.2, 0.25) is 25.1 Å². The SMILES string of the molecule is CC(C)(C)c1ccc(C(=O)O)c(N)c1.CCOC(=O)CI.CSc1c(Cl)ccc2c(=O)c3ccc(C(C)(C)C)cc3[nH]c12.CSc1c(Cl)cccc1I.CSc1c(Cl)cccc1Nc1cc(C(C)(C)C)ccc1C(=O)O.CSc1c(N)cccc1Cl.Cc1c(N)cccc1Cl. The minimum absolute atomic E-state index is 0.00878. The number of esters is 1.